The monoisotopic (exact) mass is 472 g/mol. The van der Waals surface area contributed by atoms with Crippen molar-refractivity contribution in [2.75, 3.05) is 5.32 Å². The molecule has 2 aromatic rings. The molecule has 1 saturated heterocycles. The third-order valence-electron chi connectivity index (χ3n) is 7.94. The number of fused-ring (bicyclic) bond motifs is 1. The topological polar surface area (TPSA) is 92.3 Å². The fourth-order valence-electron chi connectivity index (χ4n) is 5.91. The number of hydrogen-bond donors (Lipinski definition) is 2. The minimum atomic E-state index is -0.688. The maximum atomic E-state index is 13.3. The number of imide groups is 1. The Morgan fingerprint density at radius 1 is 1.03 bits per heavy atom. The summed E-state index contributed by atoms with van der Waals surface area (Å²) in [6.07, 6.45) is 4.96. The molecule has 35 heavy (non-hydrogen) atoms. The van der Waals surface area contributed by atoms with E-state index in [0.29, 0.717) is 30.9 Å². The summed E-state index contributed by atoms with van der Waals surface area (Å²) >= 11 is 0. The molecule has 2 N–H and O–H groups in total. The molecule has 1 unspecified atom stereocenters. The lowest BCUT2D eigenvalue weighted by molar-refractivity contribution is -0.128. The van der Waals surface area contributed by atoms with Crippen LogP contribution in [0.25, 0.3) is 0 Å². The summed E-state index contributed by atoms with van der Waals surface area (Å²) in [6, 6.07) is 15.7. The van der Waals surface area contributed by atoms with Gasteiger partial charge >= 0.3 is 0 Å². The van der Waals surface area contributed by atoms with Crippen molar-refractivity contribution in [2.24, 2.45) is 17.3 Å². The number of Topliss-reactive ketones (excluding diaryl/α,β-unsaturated/α-hetero) is 1. The molecular weight excluding hydrogens is 440 g/mol. The highest BCUT2D eigenvalue weighted by Gasteiger charge is 2.50. The second-order valence-corrected chi connectivity index (χ2v) is 10.6. The Labute approximate surface area is 205 Å². The lowest BCUT2D eigenvalue weighted by atomic mass is 9.78. The molecule has 3 amide bonds. The number of ketones is 1. The van der Waals surface area contributed by atoms with Crippen LogP contribution in [0.4, 0.5) is 5.69 Å². The van der Waals surface area contributed by atoms with Crippen LogP contribution in [-0.2, 0) is 32.0 Å². The first-order valence-corrected chi connectivity index (χ1v) is 12.7. The third kappa shape index (κ3) is 4.93. The molecule has 1 spiro atoms. The standard InChI is InChI=1S/C29H32N2O4/c1-2-23(19-6-4-3-5-7-19)24(25(32)12-18-8-9-18)14-26(33)30-22-11-10-20-15-29(16-21(20)13-22)17-27(34)31-28(29)35/h3-7,10-11,13,18,23-24H,2,8-9,12,14-17H2,1H3,(H,30,33)(H,31,34,35)/t23-,24?,29-/m1/s1. The average Bonchev–Trinajstić information content (AvgIpc) is 3.50. The molecule has 2 aromatic carbocycles. The summed E-state index contributed by atoms with van der Waals surface area (Å²) < 4.78 is 0. The van der Waals surface area contributed by atoms with Crippen molar-refractivity contribution in [2.45, 2.75) is 64.2 Å². The van der Waals surface area contributed by atoms with E-state index in [0.717, 1.165) is 36.0 Å². The predicted octanol–water partition coefficient (Wildman–Crippen LogP) is 4.33. The maximum absolute atomic E-state index is 13.3. The first kappa shape index (κ1) is 23.5. The lowest BCUT2D eigenvalue weighted by Crippen LogP contribution is -2.32. The number of carbonyl (C=O) groups is 4. The van der Waals surface area contributed by atoms with Crippen molar-refractivity contribution in [3.05, 3.63) is 65.2 Å². The molecule has 2 fully saturated rings. The molecule has 0 aromatic heterocycles. The quantitative estimate of drug-likeness (QED) is 0.532. The van der Waals surface area contributed by atoms with Crippen LogP contribution in [0.3, 0.4) is 0 Å². The van der Waals surface area contributed by atoms with E-state index in [4.69, 9.17) is 0 Å². The Hall–Kier alpha value is -3.28. The molecule has 1 heterocycles. The predicted molar refractivity (Wildman–Crippen MR) is 133 cm³/mol. The van der Waals surface area contributed by atoms with E-state index in [1.165, 1.54) is 0 Å². The number of nitrogens with one attached hydrogen (secondary N) is 2. The van der Waals surface area contributed by atoms with E-state index in [1.54, 1.807) is 0 Å². The molecule has 1 saturated carbocycles. The van der Waals surface area contributed by atoms with Crippen LogP contribution in [0.5, 0.6) is 0 Å². The van der Waals surface area contributed by atoms with E-state index in [-0.39, 0.29) is 48.2 Å². The Kier molecular flexibility index (Phi) is 6.30. The van der Waals surface area contributed by atoms with Gasteiger partial charge in [0.2, 0.25) is 17.7 Å². The summed E-state index contributed by atoms with van der Waals surface area (Å²) in [6.45, 7) is 2.08. The summed E-state index contributed by atoms with van der Waals surface area (Å²) in [4.78, 5) is 50.6. The number of amides is 3. The second kappa shape index (κ2) is 9.40. The zero-order valence-corrected chi connectivity index (χ0v) is 20.1. The van der Waals surface area contributed by atoms with Crippen molar-refractivity contribution in [3.8, 4) is 0 Å². The van der Waals surface area contributed by atoms with Gasteiger partial charge in [-0.3, -0.25) is 24.5 Å². The Morgan fingerprint density at radius 3 is 2.43 bits per heavy atom. The normalized spacial score (nSPS) is 22.5. The first-order chi connectivity index (χ1) is 16.9. The third-order valence-corrected chi connectivity index (χ3v) is 7.94. The Bertz CT molecular complexity index is 1170. The number of anilines is 1. The van der Waals surface area contributed by atoms with Gasteiger partial charge in [-0.1, -0.05) is 43.3 Å². The molecule has 6 nitrogen and oxygen atoms in total. The zero-order valence-electron chi connectivity index (χ0n) is 20.1. The van der Waals surface area contributed by atoms with Crippen molar-refractivity contribution in [1.82, 2.24) is 5.32 Å². The van der Waals surface area contributed by atoms with Gasteiger partial charge in [0.1, 0.15) is 5.78 Å². The maximum Gasteiger partial charge on any atom is 0.233 e. The second-order valence-electron chi connectivity index (χ2n) is 10.6. The van der Waals surface area contributed by atoms with Crippen LogP contribution in [0.2, 0.25) is 0 Å². The van der Waals surface area contributed by atoms with Crippen molar-refractivity contribution >= 4 is 29.2 Å². The van der Waals surface area contributed by atoms with E-state index < -0.39 is 5.41 Å². The van der Waals surface area contributed by atoms with Gasteiger partial charge in [0.15, 0.2) is 0 Å². The van der Waals surface area contributed by atoms with Crippen LogP contribution in [0.1, 0.15) is 68.1 Å². The number of carbonyl (C=O) groups excluding carboxylic acids is 4. The minimum absolute atomic E-state index is 0.00601. The molecule has 182 valence electrons. The SMILES string of the molecule is CC[C@H](c1ccccc1)C(CC(=O)Nc1ccc2c(c1)C[C@@]1(CC(=O)NC1=O)C2)C(=O)CC1CC1. The van der Waals surface area contributed by atoms with Gasteiger partial charge < -0.3 is 5.32 Å². The van der Waals surface area contributed by atoms with E-state index in [2.05, 4.69) is 17.6 Å². The highest BCUT2D eigenvalue weighted by atomic mass is 16.2. The molecule has 1 aliphatic heterocycles. The summed E-state index contributed by atoms with van der Waals surface area (Å²) in [5.74, 6) is -0.276. The van der Waals surface area contributed by atoms with Crippen LogP contribution in [0.15, 0.2) is 48.5 Å². The van der Waals surface area contributed by atoms with Gasteiger partial charge in [-0.05, 0) is 72.8 Å². The molecule has 5 rings (SSSR count). The van der Waals surface area contributed by atoms with Gasteiger partial charge in [-0.15, -0.1) is 0 Å². The molecule has 0 radical (unpaired) electrons. The summed E-state index contributed by atoms with van der Waals surface area (Å²) in [7, 11) is 0. The molecule has 3 atom stereocenters. The summed E-state index contributed by atoms with van der Waals surface area (Å²) in [5, 5.41) is 5.43. The smallest absolute Gasteiger partial charge is 0.233 e. The average molecular weight is 473 g/mol. The lowest BCUT2D eigenvalue weighted by Gasteiger charge is -2.25. The Morgan fingerprint density at radius 2 is 1.77 bits per heavy atom. The van der Waals surface area contributed by atoms with Gasteiger partial charge in [0.25, 0.3) is 0 Å². The largest absolute Gasteiger partial charge is 0.326 e. The highest BCUT2D eigenvalue weighted by Crippen LogP contribution is 2.43. The van der Waals surface area contributed by atoms with Crippen LogP contribution < -0.4 is 10.6 Å². The molecule has 3 aliphatic rings. The Balaban J connectivity index is 1.30. The molecule has 6 heteroatoms. The van der Waals surface area contributed by atoms with Crippen molar-refractivity contribution in [1.29, 1.82) is 0 Å². The van der Waals surface area contributed by atoms with E-state index in [1.807, 2.05) is 48.5 Å². The van der Waals surface area contributed by atoms with E-state index >= 15 is 0 Å². The molecule has 0 bridgehead atoms. The van der Waals surface area contributed by atoms with Crippen LogP contribution in [0, 0.1) is 17.3 Å². The highest BCUT2D eigenvalue weighted by molar-refractivity contribution is 6.06. The van der Waals surface area contributed by atoms with Gasteiger partial charge in [0.05, 0.1) is 5.41 Å². The molecule has 2 aliphatic carbocycles. The fourth-order valence-corrected chi connectivity index (χ4v) is 5.91. The zero-order chi connectivity index (χ0) is 24.6. The summed E-state index contributed by atoms with van der Waals surface area (Å²) in [5.41, 5.74) is 3.11. The van der Waals surface area contributed by atoms with E-state index in [9.17, 15) is 19.2 Å². The number of benzene rings is 2. The number of hydrogen-bond acceptors (Lipinski definition) is 4. The van der Waals surface area contributed by atoms with Crippen LogP contribution >= 0.6 is 0 Å². The number of rotatable bonds is 9. The minimum Gasteiger partial charge on any atom is -0.326 e. The fraction of sp³-hybridized carbons (Fsp3) is 0.448. The van der Waals surface area contributed by atoms with Crippen molar-refractivity contribution < 1.29 is 19.2 Å². The van der Waals surface area contributed by atoms with Crippen LogP contribution in [-0.4, -0.2) is 23.5 Å². The van der Waals surface area contributed by atoms with Crippen molar-refractivity contribution in [3.63, 3.8) is 0 Å². The van der Waals surface area contributed by atoms with Gasteiger partial charge in [-0.2, -0.15) is 0 Å². The first-order valence-electron chi connectivity index (χ1n) is 12.7. The molecular formula is C29H32N2O4. The van der Waals surface area contributed by atoms with Gasteiger partial charge in [-0.25, -0.2) is 0 Å². The van der Waals surface area contributed by atoms with Gasteiger partial charge in [0, 0.05) is 30.9 Å².